The quantitative estimate of drug-likeness (QED) is 0.309. The maximum Gasteiger partial charge on any atom is 0.293 e. The number of aromatic hydroxyl groups is 1. The number of carbonyl (C=O) groups excluding carboxylic acids is 1. The standard InChI is InChI=1S/C25H23F2N3O5/c26-21(27)12-28-24(34)19(22-23(33)25(35)30-14-29-22)11-17-5-3-15(4-6-17)1-2-16-7-9-18(10-8-16)20(32)13-31/h3-10,14,19-21,31-33H,11-13H2,(H,28,34)(H,29,30,35). The molecular formula is C25H23F2N3O5. The Morgan fingerprint density at radius 2 is 1.66 bits per heavy atom. The van der Waals surface area contributed by atoms with Crippen LogP contribution in [0.3, 0.4) is 0 Å². The summed E-state index contributed by atoms with van der Waals surface area (Å²) in [4.78, 5) is 30.4. The van der Waals surface area contributed by atoms with Crippen molar-refractivity contribution in [3.05, 3.63) is 93.2 Å². The highest BCUT2D eigenvalue weighted by atomic mass is 19.3. The molecule has 2 unspecified atom stereocenters. The van der Waals surface area contributed by atoms with Crippen molar-refractivity contribution in [1.29, 1.82) is 0 Å². The number of H-pyrrole nitrogens is 1. The second-order valence-electron chi connectivity index (χ2n) is 7.63. The number of aliphatic hydroxyl groups excluding tert-OH is 2. The van der Waals surface area contributed by atoms with Crippen LogP contribution in [0.4, 0.5) is 8.78 Å². The maximum absolute atomic E-state index is 12.6. The summed E-state index contributed by atoms with van der Waals surface area (Å²) in [6.07, 6.45) is -2.67. The first-order valence-electron chi connectivity index (χ1n) is 10.6. The molecule has 2 atom stereocenters. The van der Waals surface area contributed by atoms with Crippen LogP contribution in [0.1, 0.15) is 40.0 Å². The van der Waals surface area contributed by atoms with Crippen molar-refractivity contribution in [1.82, 2.24) is 15.3 Å². The van der Waals surface area contributed by atoms with E-state index in [-0.39, 0.29) is 18.7 Å². The third-order valence-corrected chi connectivity index (χ3v) is 5.15. The summed E-state index contributed by atoms with van der Waals surface area (Å²) in [5.41, 5.74) is 1.54. The van der Waals surface area contributed by atoms with E-state index in [2.05, 4.69) is 27.1 Å². The van der Waals surface area contributed by atoms with Crippen LogP contribution in [0.25, 0.3) is 0 Å². The summed E-state index contributed by atoms with van der Waals surface area (Å²) in [6, 6.07) is 13.6. The van der Waals surface area contributed by atoms with Crippen molar-refractivity contribution in [3.8, 4) is 17.6 Å². The Balaban J connectivity index is 1.77. The fourth-order valence-electron chi connectivity index (χ4n) is 3.27. The molecule has 0 radical (unpaired) electrons. The van der Waals surface area contributed by atoms with E-state index in [4.69, 9.17) is 5.11 Å². The number of benzene rings is 2. The fraction of sp³-hybridized carbons (Fsp3) is 0.240. The molecule has 5 N–H and O–H groups in total. The molecule has 35 heavy (non-hydrogen) atoms. The lowest BCUT2D eigenvalue weighted by Crippen LogP contribution is -2.34. The maximum atomic E-state index is 12.6. The molecule has 1 heterocycles. The summed E-state index contributed by atoms with van der Waals surface area (Å²) in [6.45, 7) is -1.24. The predicted molar refractivity (Wildman–Crippen MR) is 123 cm³/mol. The molecule has 0 aliphatic rings. The molecule has 0 saturated carbocycles. The van der Waals surface area contributed by atoms with E-state index >= 15 is 0 Å². The van der Waals surface area contributed by atoms with Crippen molar-refractivity contribution in [2.45, 2.75) is 24.9 Å². The highest BCUT2D eigenvalue weighted by Gasteiger charge is 2.27. The Kier molecular flexibility index (Phi) is 8.67. The molecule has 0 aliphatic heterocycles. The fourth-order valence-corrected chi connectivity index (χ4v) is 3.27. The van der Waals surface area contributed by atoms with Crippen molar-refractivity contribution in [2.24, 2.45) is 0 Å². The highest BCUT2D eigenvalue weighted by Crippen LogP contribution is 2.24. The molecule has 8 nitrogen and oxygen atoms in total. The summed E-state index contributed by atoms with van der Waals surface area (Å²) in [7, 11) is 0. The van der Waals surface area contributed by atoms with E-state index in [9.17, 15) is 28.6 Å². The topological polar surface area (TPSA) is 136 Å². The lowest BCUT2D eigenvalue weighted by molar-refractivity contribution is -0.123. The van der Waals surface area contributed by atoms with Gasteiger partial charge in [-0.1, -0.05) is 36.1 Å². The lowest BCUT2D eigenvalue weighted by atomic mass is 9.94. The van der Waals surface area contributed by atoms with Gasteiger partial charge in [-0.05, 0) is 41.8 Å². The molecule has 0 aliphatic carbocycles. The van der Waals surface area contributed by atoms with Gasteiger partial charge in [0.1, 0.15) is 11.8 Å². The average Bonchev–Trinajstić information content (AvgIpc) is 2.87. The van der Waals surface area contributed by atoms with E-state index in [0.29, 0.717) is 22.3 Å². The summed E-state index contributed by atoms with van der Waals surface area (Å²) >= 11 is 0. The summed E-state index contributed by atoms with van der Waals surface area (Å²) in [5, 5.41) is 30.8. The number of aromatic nitrogens is 2. The van der Waals surface area contributed by atoms with Crippen molar-refractivity contribution in [2.75, 3.05) is 13.2 Å². The second kappa shape index (κ2) is 11.9. The first-order valence-corrected chi connectivity index (χ1v) is 10.6. The largest absolute Gasteiger partial charge is 0.502 e. The smallest absolute Gasteiger partial charge is 0.293 e. The Morgan fingerprint density at radius 3 is 2.23 bits per heavy atom. The Hall–Kier alpha value is -4.07. The third-order valence-electron chi connectivity index (χ3n) is 5.15. The van der Waals surface area contributed by atoms with Gasteiger partial charge in [0, 0.05) is 11.1 Å². The van der Waals surface area contributed by atoms with E-state index in [1.165, 1.54) is 0 Å². The minimum atomic E-state index is -2.76. The zero-order valence-electron chi connectivity index (χ0n) is 18.4. The number of hydrogen-bond donors (Lipinski definition) is 5. The van der Waals surface area contributed by atoms with Crippen LogP contribution >= 0.6 is 0 Å². The van der Waals surface area contributed by atoms with E-state index < -0.39 is 42.2 Å². The number of nitrogens with one attached hydrogen (secondary N) is 2. The first-order chi connectivity index (χ1) is 16.8. The van der Waals surface area contributed by atoms with Gasteiger partial charge in [0.15, 0.2) is 0 Å². The van der Waals surface area contributed by atoms with Gasteiger partial charge in [-0.2, -0.15) is 0 Å². The Labute approximate surface area is 199 Å². The number of rotatable bonds is 8. The SMILES string of the molecule is O=C(NCC(F)F)C(Cc1ccc(C#Cc2ccc(C(O)CO)cc2)cc1)c1nc[nH]c(=O)c1O. The highest BCUT2D eigenvalue weighted by molar-refractivity contribution is 5.84. The van der Waals surface area contributed by atoms with Gasteiger partial charge in [-0.25, -0.2) is 13.8 Å². The number of hydrogen-bond acceptors (Lipinski definition) is 6. The molecule has 2 aromatic carbocycles. The molecule has 182 valence electrons. The number of amides is 1. The molecule has 0 fully saturated rings. The van der Waals surface area contributed by atoms with Gasteiger partial charge in [0.25, 0.3) is 12.0 Å². The third kappa shape index (κ3) is 6.96. The number of carbonyl (C=O) groups is 1. The Bertz CT molecular complexity index is 1270. The number of halogens is 2. The monoisotopic (exact) mass is 483 g/mol. The lowest BCUT2D eigenvalue weighted by Gasteiger charge is -2.17. The molecule has 0 bridgehead atoms. The zero-order chi connectivity index (χ0) is 25.4. The van der Waals surface area contributed by atoms with Crippen LogP contribution in [-0.2, 0) is 11.2 Å². The molecule has 0 saturated heterocycles. The second-order valence-corrected chi connectivity index (χ2v) is 7.63. The van der Waals surface area contributed by atoms with Crippen LogP contribution in [-0.4, -0.2) is 50.8 Å². The van der Waals surface area contributed by atoms with Gasteiger partial charge in [-0.15, -0.1) is 0 Å². The van der Waals surface area contributed by atoms with Gasteiger partial charge in [-0.3, -0.25) is 9.59 Å². The number of aliphatic hydroxyl groups is 2. The summed E-state index contributed by atoms with van der Waals surface area (Å²) < 4.78 is 25.1. The van der Waals surface area contributed by atoms with Gasteiger partial charge in [0.05, 0.1) is 25.4 Å². The van der Waals surface area contributed by atoms with E-state index in [1.807, 2.05) is 0 Å². The van der Waals surface area contributed by atoms with Crippen molar-refractivity contribution >= 4 is 5.91 Å². The van der Waals surface area contributed by atoms with Crippen LogP contribution in [0, 0.1) is 11.8 Å². The minimum absolute atomic E-state index is 0.00143. The molecule has 3 aromatic rings. The molecular weight excluding hydrogens is 460 g/mol. The van der Waals surface area contributed by atoms with E-state index in [1.54, 1.807) is 48.5 Å². The van der Waals surface area contributed by atoms with Gasteiger partial charge < -0.3 is 25.6 Å². The van der Waals surface area contributed by atoms with Crippen molar-refractivity contribution in [3.63, 3.8) is 0 Å². The number of aromatic amines is 1. The minimum Gasteiger partial charge on any atom is -0.502 e. The van der Waals surface area contributed by atoms with Gasteiger partial charge in [0.2, 0.25) is 11.7 Å². The van der Waals surface area contributed by atoms with Crippen LogP contribution in [0.2, 0.25) is 0 Å². The number of nitrogens with zero attached hydrogens (tertiary/aromatic N) is 1. The van der Waals surface area contributed by atoms with Crippen molar-refractivity contribution < 1.29 is 28.9 Å². The van der Waals surface area contributed by atoms with Crippen LogP contribution in [0.5, 0.6) is 5.75 Å². The summed E-state index contributed by atoms with van der Waals surface area (Å²) in [5.74, 6) is 3.26. The molecule has 0 spiro atoms. The van der Waals surface area contributed by atoms with Crippen LogP contribution in [0.15, 0.2) is 59.7 Å². The first kappa shape index (κ1) is 25.6. The molecule has 1 amide bonds. The zero-order valence-corrected chi connectivity index (χ0v) is 18.4. The molecule has 10 heteroatoms. The Morgan fingerprint density at radius 1 is 1.06 bits per heavy atom. The van der Waals surface area contributed by atoms with Gasteiger partial charge >= 0.3 is 0 Å². The van der Waals surface area contributed by atoms with E-state index in [0.717, 1.165) is 6.33 Å². The molecule has 1 aromatic heterocycles. The predicted octanol–water partition coefficient (Wildman–Crippen LogP) is 1.61. The molecule has 3 rings (SSSR count). The number of alkyl halides is 2. The van der Waals surface area contributed by atoms with Crippen LogP contribution < -0.4 is 10.9 Å². The average molecular weight is 483 g/mol. The normalized spacial score (nSPS) is 12.5.